The van der Waals surface area contributed by atoms with Crippen molar-refractivity contribution in [2.45, 2.75) is 26.9 Å². The van der Waals surface area contributed by atoms with Gasteiger partial charge in [-0.3, -0.25) is 14.5 Å². The van der Waals surface area contributed by atoms with Gasteiger partial charge in [-0.2, -0.15) is 0 Å². The Kier molecular flexibility index (Phi) is 3.74. The van der Waals surface area contributed by atoms with Gasteiger partial charge in [0.25, 0.3) is 5.56 Å². The van der Waals surface area contributed by atoms with Crippen LogP contribution >= 0.6 is 0 Å². The van der Waals surface area contributed by atoms with Gasteiger partial charge in [-0.15, -0.1) is 10.2 Å². The van der Waals surface area contributed by atoms with Gasteiger partial charge in [0.15, 0.2) is 11.5 Å². The van der Waals surface area contributed by atoms with Gasteiger partial charge >= 0.3 is 0 Å². The summed E-state index contributed by atoms with van der Waals surface area (Å²) in [6, 6.07) is 3.50. The van der Waals surface area contributed by atoms with E-state index in [0.29, 0.717) is 24.6 Å². The van der Waals surface area contributed by atoms with Gasteiger partial charge in [-0.05, 0) is 26.0 Å². The average Bonchev–Trinajstić information content (AvgIpc) is 2.68. The van der Waals surface area contributed by atoms with Gasteiger partial charge < -0.3 is 5.73 Å². The Morgan fingerprint density at radius 1 is 1.26 bits per heavy atom. The summed E-state index contributed by atoms with van der Waals surface area (Å²) in [5.41, 5.74) is 6.45. The van der Waals surface area contributed by atoms with Gasteiger partial charge in [-0.1, -0.05) is 0 Å². The maximum Gasteiger partial charge on any atom is 0.296 e. The molecule has 0 aliphatic heterocycles. The molecule has 2 rings (SSSR count). The lowest BCUT2D eigenvalue weighted by atomic mass is 10.4. The monoisotopic (exact) mass is 260 g/mol. The molecule has 2 aromatic rings. The molecular formula is C12H16N6O. The zero-order valence-corrected chi connectivity index (χ0v) is 10.9. The molecule has 0 saturated carbocycles. The molecule has 2 N–H and O–H groups in total. The first-order chi connectivity index (χ1) is 9.19. The van der Waals surface area contributed by atoms with E-state index in [-0.39, 0.29) is 11.2 Å². The fourth-order valence-electron chi connectivity index (χ4n) is 1.86. The van der Waals surface area contributed by atoms with Crippen molar-refractivity contribution < 1.29 is 0 Å². The molecule has 0 aromatic carbocycles. The quantitative estimate of drug-likeness (QED) is 0.853. The van der Waals surface area contributed by atoms with E-state index < -0.39 is 0 Å². The molecule has 0 unspecified atom stereocenters. The van der Waals surface area contributed by atoms with E-state index in [1.807, 2.05) is 13.8 Å². The molecule has 7 heteroatoms. The van der Waals surface area contributed by atoms with Crippen molar-refractivity contribution in [2.75, 3.05) is 5.73 Å². The van der Waals surface area contributed by atoms with Crippen molar-refractivity contribution in [2.24, 2.45) is 10.2 Å². The molecule has 19 heavy (non-hydrogen) atoms. The molecule has 7 nitrogen and oxygen atoms in total. The van der Waals surface area contributed by atoms with E-state index in [1.54, 1.807) is 33.9 Å². The summed E-state index contributed by atoms with van der Waals surface area (Å²) in [7, 11) is 0. The normalized spacial score (nSPS) is 11.3. The Morgan fingerprint density at radius 2 is 2.00 bits per heavy atom. The number of nitrogens with zero attached hydrogens (tertiary/aromatic N) is 5. The molecule has 2 aromatic heterocycles. The number of anilines is 1. The number of pyridine rings is 1. The maximum absolute atomic E-state index is 12.1. The number of hydrogen-bond donors (Lipinski definition) is 1. The van der Waals surface area contributed by atoms with Gasteiger partial charge in [-0.25, -0.2) is 4.68 Å². The predicted molar refractivity (Wildman–Crippen MR) is 72.9 cm³/mol. The number of nitrogen functional groups attached to an aromatic ring is 1. The summed E-state index contributed by atoms with van der Waals surface area (Å²) in [6.45, 7) is 4.95. The van der Waals surface area contributed by atoms with E-state index in [9.17, 15) is 4.79 Å². The molecule has 2 heterocycles. The van der Waals surface area contributed by atoms with Crippen molar-refractivity contribution in [1.82, 2.24) is 14.3 Å². The first-order valence-electron chi connectivity index (χ1n) is 6.09. The maximum atomic E-state index is 12.1. The van der Waals surface area contributed by atoms with Crippen LogP contribution in [-0.4, -0.2) is 14.3 Å². The van der Waals surface area contributed by atoms with E-state index >= 15 is 0 Å². The summed E-state index contributed by atoms with van der Waals surface area (Å²) in [6.07, 6.45) is 3.21. The number of azo groups is 1. The number of nitrogens with two attached hydrogens (primary N) is 1. The third kappa shape index (κ3) is 2.40. The van der Waals surface area contributed by atoms with E-state index in [0.717, 1.165) is 0 Å². The van der Waals surface area contributed by atoms with Crippen LogP contribution in [-0.2, 0) is 13.1 Å². The molecule has 0 radical (unpaired) electrons. The van der Waals surface area contributed by atoms with Crippen molar-refractivity contribution in [1.29, 1.82) is 0 Å². The Hall–Kier alpha value is -2.44. The van der Waals surface area contributed by atoms with Crippen molar-refractivity contribution in [3.8, 4) is 0 Å². The van der Waals surface area contributed by atoms with Crippen molar-refractivity contribution >= 4 is 17.2 Å². The Bertz CT molecular complexity index is 640. The van der Waals surface area contributed by atoms with Crippen molar-refractivity contribution in [3.63, 3.8) is 0 Å². The Labute approximate surface area is 110 Å². The summed E-state index contributed by atoms with van der Waals surface area (Å²) in [4.78, 5) is 16.0. The Balaban J connectivity index is 2.44. The van der Waals surface area contributed by atoms with Gasteiger partial charge in [0.2, 0.25) is 0 Å². The first-order valence-corrected chi connectivity index (χ1v) is 6.09. The fraction of sp³-hybridized carbons (Fsp3) is 0.333. The molecule has 0 amide bonds. The fourth-order valence-corrected chi connectivity index (χ4v) is 1.86. The topological polar surface area (TPSA) is 90.6 Å². The van der Waals surface area contributed by atoms with E-state index in [1.165, 1.54) is 0 Å². The minimum Gasteiger partial charge on any atom is -0.382 e. The van der Waals surface area contributed by atoms with Crippen molar-refractivity contribution in [3.05, 3.63) is 34.9 Å². The molecule has 0 aliphatic rings. The molecule has 100 valence electrons. The van der Waals surface area contributed by atoms with Crippen LogP contribution in [0.1, 0.15) is 13.8 Å². The molecule has 0 atom stereocenters. The number of aromatic nitrogens is 3. The van der Waals surface area contributed by atoms with Crippen LogP contribution in [0.5, 0.6) is 0 Å². The third-order valence-electron chi connectivity index (χ3n) is 2.76. The zero-order chi connectivity index (χ0) is 13.8. The average molecular weight is 260 g/mol. The van der Waals surface area contributed by atoms with Gasteiger partial charge in [0.05, 0.1) is 6.20 Å². The van der Waals surface area contributed by atoms with Crippen LogP contribution in [0.25, 0.3) is 0 Å². The van der Waals surface area contributed by atoms with Gasteiger partial charge in [0, 0.05) is 19.3 Å². The summed E-state index contributed by atoms with van der Waals surface area (Å²) >= 11 is 0. The SMILES string of the molecule is CCn1c(N)c(/N=N/c2cccnc2)c(=O)n1CC. The molecule has 0 bridgehead atoms. The Morgan fingerprint density at radius 3 is 2.53 bits per heavy atom. The van der Waals surface area contributed by atoms with E-state index in [4.69, 9.17) is 5.73 Å². The lowest BCUT2D eigenvalue weighted by Crippen LogP contribution is -2.21. The summed E-state index contributed by atoms with van der Waals surface area (Å²) in [5, 5.41) is 7.94. The largest absolute Gasteiger partial charge is 0.382 e. The van der Waals surface area contributed by atoms with E-state index in [2.05, 4.69) is 15.2 Å². The highest BCUT2D eigenvalue weighted by molar-refractivity contribution is 5.56. The summed E-state index contributed by atoms with van der Waals surface area (Å²) in [5.74, 6) is 0.335. The lowest BCUT2D eigenvalue weighted by molar-refractivity contribution is 0.483. The van der Waals surface area contributed by atoms with Crippen LogP contribution in [0.2, 0.25) is 0 Å². The highest BCUT2D eigenvalue weighted by Crippen LogP contribution is 2.21. The van der Waals surface area contributed by atoms with Crippen LogP contribution in [0.15, 0.2) is 39.5 Å². The third-order valence-corrected chi connectivity index (χ3v) is 2.76. The first kappa shape index (κ1) is 13.0. The standard InChI is InChI=1S/C12H16N6O/c1-3-17-11(13)10(12(19)18(17)4-2)16-15-9-6-5-7-14-8-9/h5-8H,3-4,13H2,1-2H3/b16-15+. The highest BCUT2D eigenvalue weighted by Gasteiger charge is 2.15. The number of hydrogen-bond acceptors (Lipinski definition) is 5. The predicted octanol–water partition coefficient (Wildman–Crippen LogP) is 2.08. The molecule has 0 fully saturated rings. The van der Waals surface area contributed by atoms with Crippen LogP contribution in [0, 0.1) is 0 Å². The van der Waals surface area contributed by atoms with Crippen LogP contribution in [0.4, 0.5) is 17.2 Å². The molecule has 0 aliphatic carbocycles. The van der Waals surface area contributed by atoms with Crippen LogP contribution < -0.4 is 11.3 Å². The van der Waals surface area contributed by atoms with Crippen LogP contribution in [0.3, 0.4) is 0 Å². The highest BCUT2D eigenvalue weighted by atomic mass is 16.1. The zero-order valence-electron chi connectivity index (χ0n) is 10.9. The second-order valence-corrected chi connectivity index (χ2v) is 3.88. The van der Waals surface area contributed by atoms with Gasteiger partial charge in [0.1, 0.15) is 5.69 Å². The second-order valence-electron chi connectivity index (χ2n) is 3.88. The second kappa shape index (κ2) is 5.47. The smallest absolute Gasteiger partial charge is 0.296 e. The minimum atomic E-state index is -0.227. The number of rotatable bonds is 4. The molecular weight excluding hydrogens is 244 g/mol. The lowest BCUT2D eigenvalue weighted by Gasteiger charge is -2.07. The molecule has 0 saturated heterocycles. The minimum absolute atomic E-state index is 0.174. The molecule has 0 spiro atoms. The summed E-state index contributed by atoms with van der Waals surface area (Å²) < 4.78 is 3.24.